The molecule has 0 heterocycles. The van der Waals surface area contributed by atoms with E-state index in [1.807, 2.05) is 0 Å². The van der Waals surface area contributed by atoms with Gasteiger partial charge >= 0.3 is 6.18 Å². The zero-order valence-electron chi connectivity index (χ0n) is 7.83. The lowest BCUT2D eigenvalue weighted by Crippen LogP contribution is -2.35. The quantitative estimate of drug-likeness (QED) is 0.724. The van der Waals surface area contributed by atoms with Crippen LogP contribution in [-0.4, -0.2) is 24.0 Å². The Morgan fingerprint density at radius 3 is 2.50 bits per heavy atom. The van der Waals surface area contributed by atoms with Crippen molar-refractivity contribution in [2.75, 3.05) is 5.88 Å². The van der Waals surface area contributed by atoms with Crippen molar-refractivity contribution >= 4 is 17.5 Å². The van der Waals surface area contributed by atoms with Crippen LogP contribution in [0.2, 0.25) is 0 Å². The number of hydrogen-bond acceptors (Lipinski definition) is 1. The summed E-state index contributed by atoms with van der Waals surface area (Å²) in [4.78, 5) is 11.0. The van der Waals surface area contributed by atoms with Gasteiger partial charge in [0, 0.05) is 18.3 Å². The van der Waals surface area contributed by atoms with Gasteiger partial charge in [-0.2, -0.15) is 13.2 Å². The first-order chi connectivity index (χ1) is 6.35. The van der Waals surface area contributed by atoms with Gasteiger partial charge in [-0.3, -0.25) is 4.79 Å². The van der Waals surface area contributed by atoms with Crippen LogP contribution in [0.25, 0.3) is 0 Å². The predicted octanol–water partition coefficient (Wildman–Crippen LogP) is 2.46. The fourth-order valence-electron chi connectivity index (χ4n) is 0.973. The average Bonchev–Trinajstić information content (AvgIpc) is 1.96. The molecule has 0 aliphatic rings. The summed E-state index contributed by atoms with van der Waals surface area (Å²) < 4.78 is 35.5. The first-order valence-corrected chi connectivity index (χ1v) is 4.80. The second kappa shape index (κ2) is 6.11. The van der Waals surface area contributed by atoms with Crippen molar-refractivity contribution in [3.05, 3.63) is 0 Å². The third kappa shape index (κ3) is 8.16. The highest BCUT2D eigenvalue weighted by Crippen LogP contribution is 2.21. The number of alkyl halides is 4. The van der Waals surface area contributed by atoms with Gasteiger partial charge in [0.15, 0.2) is 0 Å². The molecule has 14 heavy (non-hydrogen) atoms. The molecule has 0 aliphatic heterocycles. The summed E-state index contributed by atoms with van der Waals surface area (Å²) >= 11 is 5.33. The Labute approximate surface area is 85.8 Å². The fourth-order valence-corrected chi connectivity index (χ4v) is 1.11. The van der Waals surface area contributed by atoms with Gasteiger partial charge in [0.25, 0.3) is 0 Å². The molecule has 0 rings (SSSR count). The minimum absolute atomic E-state index is 0.172. The van der Waals surface area contributed by atoms with Gasteiger partial charge in [0.05, 0.1) is 6.42 Å². The molecule has 0 spiro atoms. The van der Waals surface area contributed by atoms with Crippen LogP contribution in [0.4, 0.5) is 13.2 Å². The first-order valence-electron chi connectivity index (χ1n) is 4.27. The van der Waals surface area contributed by atoms with Gasteiger partial charge in [-0.05, 0) is 13.3 Å². The smallest absolute Gasteiger partial charge is 0.353 e. The third-order valence-corrected chi connectivity index (χ3v) is 1.75. The van der Waals surface area contributed by atoms with Crippen LogP contribution in [0.3, 0.4) is 0 Å². The summed E-state index contributed by atoms with van der Waals surface area (Å²) in [5, 5.41) is 2.25. The zero-order chi connectivity index (χ0) is 11.2. The lowest BCUT2D eigenvalue weighted by atomic mass is 10.2. The fraction of sp³-hybridized carbons (Fsp3) is 0.875. The summed E-state index contributed by atoms with van der Waals surface area (Å²) in [5.74, 6) is -0.0523. The van der Waals surface area contributed by atoms with E-state index in [2.05, 4.69) is 5.32 Å². The largest absolute Gasteiger partial charge is 0.391 e. The summed E-state index contributed by atoms with van der Waals surface area (Å²) in [6.45, 7) is 1.33. The van der Waals surface area contributed by atoms with Crippen molar-refractivity contribution in [1.82, 2.24) is 5.32 Å². The lowest BCUT2D eigenvalue weighted by Gasteiger charge is -2.15. The van der Waals surface area contributed by atoms with Crippen LogP contribution in [0.15, 0.2) is 0 Å². The maximum absolute atomic E-state index is 11.8. The van der Waals surface area contributed by atoms with Crippen LogP contribution in [0, 0.1) is 0 Å². The third-order valence-electron chi connectivity index (χ3n) is 1.48. The van der Waals surface area contributed by atoms with Gasteiger partial charge in [-0.15, -0.1) is 11.6 Å². The molecule has 0 radical (unpaired) electrons. The van der Waals surface area contributed by atoms with Gasteiger partial charge in [-0.1, -0.05) is 0 Å². The van der Waals surface area contributed by atoms with Crippen molar-refractivity contribution in [1.29, 1.82) is 0 Å². The van der Waals surface area contributed by atoms with Gasteiger partial charge < -0.3 is 5.32 Å². The highest BCUT2D eigenvalue weighted by Gasteiger charge is 2.30. The van der Waals surface area contributed by atoms with Crippen molar-refractivity contribution in [3.8, 4) is 0 Å². The van der Waals surface area contributed by atoms with E-state index < -0.39 is 18.6 Å². The molecule has 0 bridgehead atoms. The van der Waals surface area contributed by atoms with Crippen LogP contribution in [-0.2, 0) is 4.79 Å². The Morgan fingerprint density at radius 1 is 1.50 bits per heavy atom. The zero-order valence-corrected chi connectivity index (χ0v) is 8.58. The topological polar surface area (TPSA) is 29.1 Å². The molecule has 0 aromatic rings. The predicted molar refractivity (Wildman–Crippen MR) is 48.2 cm³/mol. The number of amides is 1. The second-order valence-corrected chi connectivity index (χ2v) is 3.46. The first kappa shape index (κ1) is 13.5. The molecule has 1 amide bonds. The Hall–Kier alpha value is -0.450. The Balaban J connectivity index is 3.71. The molecule has 84 valence electrons. The van der Waals surface area contributed by atoms with E-state index in [0.29, 0.717) is 12.3 Å². The molecule has 0 aromatic heterocycles. The van der Waals surface area contributed by atoms with E-state index in [4.69, 9.17) is 11.6 Å². The molecular formula is C8H13ClF3NO. The summed E-state index contributed by atoms with van der Waals surface area (Å²) in [6.07, 6.45) is -4.59. The Morgan fingerprint density at radius 2 is 2.07 bits per heavy atom. The van der Waals surface area contributed by atoms with E-state index in [-0.39, 0.29) is 12.3 Å². The van der Waals surface area contributed by atoms with E-state index in [1.165, 1.54) is 6.92 Å². The number of hydrogen-bond donors (Lipinski definition) is 1. The molecular weight excluding hydrogens is 219 g/mol. The van der Waals surface area contributed by atoms with E-state index in [9.17, 15) is 18.0 Å². The molecule has 0 saturated carbocycles. The number of rotatable bonds is 5. The minimum Gasteiger partial charge on any atom is -0.353 e. The lowest BCUT2D eigenvalue weighted by molar-refractivity contribution is -0.141. The summed E-state index contributed by atoms with van der Waals surface area (Å²) in [5.41, 5.74) is 0. The number of halogens is 4. The summed E-state index contributed by atoms with van der Waals surface area (Å²) in [6, 6.07) is -0.877. The molecule has 1 unspecified atom stereocenters. The molecule has 0 aliphatic carbocycles. The molecule has 6 heteroatoms. The number of carbonyl (C=O) groups excluding carboxylic acids is 1. The highest BCUT2D eigenvalue weighted by molar-refractivity contribution is 6.17. The standard InChI is InChI=1S/C8H13ClF3NO/c1-6(5-8(10,11)12)13-7(14)3-2-4-9/h6H,2-5H2,1H3,(H,13,14). The Kier molecular flexibility index (Phi) is 5.92. The number of carbonyl (C=O) groups is 1. The molecule has 1 N–H and O–H groups in total. The van der Waals surface area contributed by atoms with Crippen LogP contribution >= 0.6 is 11.6 Å². The number of nitrogens with one attached hydrogen (secondary N) is 1. The van der Waals surface area contributed by atoms with E-state index in [1.54, 1.807) is 0 Å². The second-order valence-electron chi connectivity index (χ2n) is 3.08. The SMILES string of the molecule is CC(CC(F)(F)F)NC(=O)CCCCl. The molecule has 1 atom stereocenters. The molecule has 0 aromatic carbocycles. The average molecular weight is 232 g/mol. The molecule has 0 fully saturated rings. The van der Waals surface area contributed by atoms with Crippen molar-refractivity contribution in [2.45, 2.75) is 38.4 Å². The van der Waals surface area contributed by atoms with Gasteiger partial charge in [-0.25, -0.2) is 0 Å². The monoisotopic (exact) mass is 231 g/mol. The van der Waals surface area contributed by atoms with Crippen molar-refractivity contribution in [2.24, 2.45) is 0 Å². The molecule has 2 nitrogen and oxygen atoms in total. The van der Waals surface area contributed by atoms with Gasteiger partial charge in [0.2, 0.25) is 5.91 Å². The van der Waals surface area contributed by atoms with Crippen LogP contribution in [0.5, 0.6) is 0 Å². The van der Waals surface area contributed by atoms with Crippen LogP contribution in [0.1, 0.15) is 26.2 Å². The maximum atomic E-state index is 11.8. The minimum atomic E-state index is -4.24. The van der Waals surface area contributed by atoms with Crippen LogP contribution < -0.4 is 5.32 Å². The maximum Gasteiger partial charge on any atom is 0.391 e. The summed E-state index contributed by atoms with van der Waals surface area (Å²) in [7, 11) is 0. The van der Waals surface area contributed by atoms with Crippen molar-refractivity contribution in [3.63, 3.8) is 0 Å². The highest BCUT2D eigenvalue weighted by atomic mass is 35.5. The van der Waals surface area contributed by atoms with Gasteiger partial charge in [0.1, 0.15) is 0 Å². The normalized spacial score (nSPS) is 13.8. The van der Waals surface area contributed by atoms with E-state index >= 15 is 0 Å². The molecule has 0 saturated heterocycles. The Bertz CT molecular complexity index is 184. The van der Waals surface area contributed by atoms with Crippen molar-refractivity contribution < 1.29 is 18.0 Å². The van der Waals surface area contributed by atoms with E-state index in [0.717, 1.165) is 0 Å².